The van der Waals surface area contributed by atoms with E-state index in [1.54, 1.807) is 30.3 Å². The van der Waals surface area contributed by atoms with Crippen molar-refractivity contribution in [1.82, 2.24) is 9.97 Å². The van der Waals surface area contributed by atoms with Gasteiger partial charge >= 0.3 is 6.18 Å². The number of hydrogen-bond acceptors (Lipinski definition) is 5. The Labute approximate surface area is 153 Å². The normalized spacial score (nSPS) is 10.9. The maximum Gasteiger partial charge on any atom is 0.421 e. The smallest absolute Gasteiger partial charge is 0.340 e. The fraction of sp³-hybridized carbons (Fsp3) is 0.105. The Hall–Kier alpha value is -3.60. The predicted octanol–water partition coefficient (Wildman–Crippen LogP) is 5.16. The molecule has 1 heterocycles. The average Bonchev–Trinajstić information content (AvgIpc) is 2.63. The molecule has 5 nitrogen and oxygen atoms in total. The molecule has 0 saturated carbocycles. The summed E-state index contributed by atoms with van der Waals surface area (Å²) in [4.78, 5) is 7.74. The molecule has 0 aliphatic carbocycles. The fourth-order valence-corrected chi connectivity index (χ4v) is 2.31. The minimum Gasteiger partial charge on any atom is -0.340 e. The zero-order chi connectivity index (χ0) is 19.4. The molecule has 0 aliphatic heterocycles. The van der Waals surface area contributed by atoms with E-state index >= 15 is 0 Å². The maximum absolute atomic E-state index is 13.3. The van der Waals surface area contributed by atoms with Gasteiger partial charge in [-0.15, -0.1) is 0 Å². The van der Waals surface area contributed by atoms with E-state index in [1.807, 2.05) is 25.1 Å². The maximum atomic E-state index is 13.3. The molecule has 0 unspecified atom stereocenters. The number of alkyl halides is 3. The van der Waals surface area contributed by atoms with E-state index in [9.17, 15) is 13.2 Å². The quantitative estimate of drug-likeness (QED) is 0.664. The molecule has 2 aromatic carbocycles. The van der Waals surface area contributed by atoms with E-state index < -0.39 is 17.6 Å². The lowest BCUT2D eigenvalue weighted by Crippen LogP contribution is -2.12. The molecule has 0 spiro atoms. The Morgan fingerprint density at radius 2 is 1.74 bits per heavy atom. The zero-order valence-electron chi connectivity index (χ0n) is 14.2. The van der Waals surface area contributed by atoms with Crippen LogP contribution in [0.4, 0.5) is 36.3 Å². The highest BCUT2D eigenvalue weighted by Gasteiger charge is 2.35. The van der Waals surface area contributed by atoms with Gasteiger partial charge < -0.3 is 10.6 Å². The minimum absolute atomic E-state index is 0.0193. The molecule has 0 radical (unpaired) electrons. The predicted molar refractivity (Wildman–Crippen MR) is 95.9 cm³/mol. The average molecular weight is 369 g/mol. The van der Waals surface area contributed by atoms with E-state index in [0.717, 1.165) is 11.8 Å². The summed E-state index contributed by atoms with van der Waals surface area (Å²) in [6, 6.07) is 15.3. The second-order valence-corrected chi connectivity index (χ2v) is 5.76. The number of nitrogens with one attached hydrogen (secondary N) is 2. The molecule has 3 aromatic rings. The molecule has 3 rings (SSSR count). The van der Waals surface area contributed by atoms with Gasteiger partial charge in [-0.25, -0.2) is 4.98 Å². The minimum atomic E-state index is -4.63. The molecular formula is C19H14F3N5. The summed E-state index contributed by atoms with van der Waals surface area (Å²) in [5.41, 5.74) is 1.34. The van der Waals surface area contributed by atoms with Crippen molar-refractivity contribution in [3.8, 4) is 6.07 Å². The molecule has 0 amide bonds. The number of hydrogen-bond donors (Lipinski definition) is 2. The third-order valence-electron chi connectivity index (χ3n) is 3.66. The zero-order valence-corrected chi connectivity index (χ0v) is 14.2. The number of benzene rings is 2. The van der Waals surface area contributed by atoms with Crippen molar-refractivity contribution in [3.05, 3.63) is 71.4 Å². The van der Waals surface area contributed by atoms with E-state index in [1.165, 1.54) is 6.07 Å². The Morgan fingerprint density at radius 3 is 2.41 bits per heavy atom. The number of nitriles is 1. The van der Waals surface area contributed by atoms with Crippen LogP contribution in [0.15, 0.2) is 54.7 Å². The van der Waals surface area contributed by atoms with Crippen molar-refractivity contribution in [2.45, 2.75) is 13.1 Å². The topological polar surface area (TPSA) is 73.6 Å². The third-order valence-corrected chi connectivity index (χ3v) is 3.66. The number of halogens is 3. The first-order chi connectivity index (χ1) is 12.8. The lowest BCUT2D eigenvalue weighted by Gasteiger charge is -2.15. The molecule has 0 atom stereocenters. The van der Waals surface area contributed by atoms with Crippen molar-refractivity contribution in [2.75, 3.05) is 10.6 Å². The van der Waals surface area contributed by atoms with Gasteiger partial charge in [-0.3, -0.25) is 0 Å². The van der Waals surface area contributed by atoms with Crippen molar-refractivity contribution in [2.24, 2.45) is 0 Å². The number of anilines is 4. The van der Waals surface area contributed by atoms with Crippen LogP contribution in [0, 0.1) is 18.3 Å². The molecule has 0 aliphatic rings. The molecular weight excluding hydrogens is 355 g/mol. The molecule has 0 fully saturated rings. The second kappa shape index (κ2) is 7.33. The molecule has 8 heteroatoms. The molecule has 0 saturated heterocycles. The van der Waals surface area contributed by atoms with Gasteiger partial charge in [-0.05, 0) is 37.3 Å². The molecule has 2 N–H and O–H groups in total. The highest BCUT2D eigenvalue weighted by atomic mass is 19.4. The molecule has 0 bridgehead atoms. The monoisotopic (exact) mass is 369 g/mol. The summed E-state index contributed by atoms with van der Waals surface area (Å²) in [5.74, 6) is -0.381. The summed E-state index contributed by atoms with van der Waals surface area (Å²) in [5, 5.41) is 14.4. The van der Waals surface area contributed by atoms with Crippen LogP contribution < -0.4 is 10.6 Å². The van der Waals surface area contributed by atoms with Crippen LogP contribution in [0.1, 0.15) is 16.7 Å². The summed E-state index contributed by atoms with van der Waals surface area (Å²) in [7, 11) is 0. The summed E-state index contributed by atoms with van der Waals surface area (Å²) >= 11 is 0. The van der Waals surface area contributed by atoms with Crippen LogP contribution in [0.25, 0.3) is 0 Å². The van der Waals surface area contributed by atoms with Crippen molar-refractivity contribution in [1.29, 1.82) is 5.26 Å². The second-order valence-electron chi connectivity index (χ2n) is 5.76. The highest BCUT2D eigenvalue weighted by molar-refractivity contribution is 5.64. The van der Waals surface area contributed by atoms with Crippen molar-refractivity contribution < 1.29 is 13.2 Å². The van der Waals surface area contributed by atoms with Gasteiger partial charge in [0.1, 0.15) is 11.4 Å². The number of aryl methyl sites for hydroxylation is 1. The van der Waals surface area contributed by atoms with Gasteiger partial charge in [0.2, 0.25) is 5.95 Å². The highest BCUT2D eigenvalue weighted by Crippen LogP contribution is 2.35. The van der Waals surface area contributed by atoms with Gasteiger partial charge in [0, 0.05) is 17.6 Å². The molecule has 1 aromatic heterocycles. The van der Waals surface area contributed by atoms with Crippen molar-refractivity contribution >= 4 is 23.1 Å². The molecule has 136 valence electrons. The van der Waals surface area contributed by atoms with Gasteiger partial charge in [0.05, 0.1) is 11.6 Å². The third kappa shape index (κ3) is 4.52. The summed E-state index contributed by atoms with van der Waals surface area (Å²) < 4.78 is 39.9. The standard InChI is InChI=1S/C19H14F3N5/c1-12-5-7-14(8-6-12)26-18-24-11-16(19(20,21)22)17(27-18)25-15-4-2-3-13(9-15)10-23/h2-9,11H,1H3,(H2,24,25,26,27). The van der Waals surface area contributed by atoms with E-state index in [2.05, 4.69) is 20.6 Å². The van der Waals surface area contributed by atoms with Crippen LogP contribution in [-0.2, 0) is 6.18 Å². The SMILES string of the molecule is Cc1ccc(Nc2ncc(C(F)(F)F)c(Nc3cccc(C#N)c3)n2)cc1. The Bertz CT molecular complexity index is 991. The Balaban J connectivity index is 1.95. The van der Waals surface area contributed by atoms with E-state index in [-0.39, 0.29) is 5.95 Å². The molecule has 27 heavy (non-hydrogen) atoms. The van der Waals surface area contributed by atoms with Crippen molar-refractivity contribution in [3.63, 3.8) is 0 Å². The lowest BCUT2D eigenvalue weighted by atomic mass is 10.2. The van der Waals surface area contributed by atoms with Gasteiger partial charge in [-0.1, -0.05) is 23.8 Å². The van der Waals surface area contributed by atoms with Crippen LogP contribution >= 0.6 is 0 Å². The number of rotatable bonds is 4. The largest absolute Gasteiger partial charge is 0.421 e. The first kappa shape index (κ1) is 18.2. The van der Waals surface area contributed by atoms with Gasteiger partial charge in [-0.2, -0.15) is 23.4 Å². The number of nitrogens with zero attached hydrogens (tertiary/aromatic N) is 3. The van der Waals surface area contributed by atoms with Crippen LogP contribution in [0.5, 0.6) is 0 Å². The fourth-order valence-electron chi connectivity index (χ4n) is 2.31. The van der Waals surface area contributed by atoms with Crippen LogP contribution in [0.2, 0.25) is 0 Å². The van der Waals surface area contributed by atoms with E-state index in [4.69, 9.17) is 5.26 Å². The summed E-state index contributed by atoms with van der Waals surface area (Å²) in [6.45, 7) is 1.93. The van der Waals surface area contributed by atoms with Gasteiger partial charge in [0.15, 0.2) is 0 Å². The number of aromatic nitrogens is 2. The van der Waals surface area contributed by atoms with E-state index in [0.29, 0.717) is 16.9 Å². The first-order valence-electron chi connectivity index (χ1n) is 7.90. The van der Waals surface area contributed by atoms with Crippen LogP contribution in [0.3, 0.4) is 0 Å². The van der Waals surface area contributed by atoms with Gasteiger partial charge in [0.25, 0.3) is 0 Å². The summed E-state index contributed by atoms with van der Waals surface area (Å²) in [6.07, 6.45) is -3.91. The lowest BCUT2D eigenvalue weighted by molar-refractivity contribution is -0.137. The Morgan fingerprint density at radius 1 is 1.00 bits per heavy atom. The Kier molecular flexibility index (Phi) is 4.94. The van der Waals surface area contributed by atoms with Crippen LogP contribution in [-0.4, -0.2) is 9.97 Å². The first-order valence-corrected chi connectivity index (χ1v) is 7.90.